The molecule has 0 unspecified atom stereocenters. The van der Waals surface area contributed by atoms with Gasteiger partial charge in [0.05, 0.1) is 78.3 Å². The van der Waals surface area contributed by atoms with E-state index in [0.717, 1.165) is 178 Å². The minimum absolute atomic E-state index is 0.643. The molecule has 0 bridgehead atoms. The summed E-state index contributed by atoms with van der Waals surface area (Å²) in [6.45, 7) is 4.37. The Morgan fingerprint density at radius 1 is 0.167 bits per heavy atom. The van der Waals surface area contributed by atoms with Crippen molar-refractivity contribution in [3.05, 3.63) is 448 Å². The van der Waals surface area contributed by atoms with Crippen molar-refractivity contribution in [2.75, 3.05) is 0 Å². The van der Waals surface area contributed by atoms with E-state index in [2.05, 4.69) is 445 Å². The highest BCUT2D eigenvalue weighted by atomic mass is 15.0. The number of nitrogens with zero attached hydrogens (tertiary/aromatic N) is 8. The predicted octanol–water partition coefficient (Wildman–Crippen LogP) is 30.6. The molecule has 0 amide bonds. The van der Waals surface area contributed by atoms with Gasteiger partial charge in [-0.15, -0.1) is 0 Å². The fraction of sp³-hybridized carbons (Fsp3) is 0.0169. The van der Waals surface area contributed by atoms with Crippen LogP contribution in [0.3, 0.4) is 0 Å². The van der Waals surface area contributed by atoms with E-state index in [1.807, 2.05) is 24.3 Å². The lowest BCUT2D eigenvalue weighted by Gasteiger charge is -2.18. The first-order valence-electron chi connectivity index (χ1n) is 43.0. The van der Waals surface area contributed by atoms with Crippen molar-refractivity contribution >= 4 is 87.2 Å². The van der Waals surface area contributed by atoms with Crippen molar-refractivity contribution in [1.29, 1.82) is 0 Å². The minimum Gasteiger partial charge on any atom is -0.309 e. The van der Waals surface area contributed by atoms with Gasteiger partial charge in [-0.25, -0.2) is 19.9 Å². The van der Waals surface area contributed by atoms with Gasteiger partial charge in [0.15, 0.2) is 11.6 Å². The van der Waals surface area contributed by atoms with Crippen LogP contribution < -0.4 is 0 Å². The van der Waals surface area contributed by atoms with Crippen LogP contribution in [0.5, 0.6) is 0 Å². The molecule has 0 aliphatic rings. The maximum Gasteiger partial charge on any atom is 0.160 e. The summed E-state index contributed by atoms with van der Waals surface area (Å²) in [6, 6.07) is 159. The zero-order valence-electron chi connectivity index (χ0n) is 69.1. The Labute approximate surface area is 728 Å². The van der Waals surface area contributed by atoms with Crippen LogP contribution >= 0.6 is 0 Å². The largest absolute Gasteiger partial charge is 0.309 e. The lowest BCUT2D eigenvalue weighted by atomic mass is 9.93. The molecule has 6 aromatic heterocycles. The lowest BCUT2D eigenvalue weighted by molar-refractivity contribution is 1.16. The lowest BCUT2D eigenvalue weighted by Crippen LogP contribution is -2.00. The smallest absolute Gasteiger partial charge is 0.160 e. The third kappa shape index (κ3) is 12.6. The van der Waals surface area contributed by atoms with Crippen molar-refractivity contribution in [3.63, 3.8) is 0 Å². The molecule has 18 aromatic carbocycles. The molecule has 126 heavy (non-hydrogen) atoms. The normalized spacial score (nSPS) is 11.7. The van der Waals surface area contributed by atoms with Crippen LogP contribution in [0.15, 0.2) is 437 Å². The summed E-state index contributed by atoms with van der Waals surface area (Å²) in [5.41, 5.74) is 36.0. The van der Waals surface area contributed by atoms with E-state index < -0.39 is 0 Å². The fourth-order valence-electron chi connectivity index (χ4n) is 19.3. The van der Waals surface area contributed by atoms with Gasteiger partial charge < -0.3 is 18.3 Å². The molecule has 0 saturated carbocycles. The summed E-state index contributed by atoms with van der Waals surface area (Å²) in [7, 11) is 0. The maximum absolute atomic E-state index is 5.55. The molecule has 0 spiro atoms. The first kappa shape index (κ1) is 73.3. The number of fused-ring (bicyclic) bond motifs is 12. The fourth-order valence-corrected chi connectivity index (χ4v) is 19.3. The van der Waals surface area contributed by atoms with Gasteiger partial charge in [-0.05, 0) is 197 Å². The second kappa shape index (κ2) is 30.2. The standard InChI is InChI=1S/C118H78N8/c1-75-51-54-77(55-52-75)82-57-61-115-101(69-82)96-43-16-22-49-111(96)125(115)113-64-60-89(72-100(113)85-35-26-38-91(67-85)124-109-47-20-14-41-94(109)95-42-15-21-48-110(95)124)106-74-104(120-118(122-106)80-31-10-5-11-32-80)87-36-24-33-81(65-87)83-56-53-76(2)98(68-83)86-58-62-116-102(70-86)97-44-17-23-50-112(97)126(116)114-63-59-88(105-73-103(78-27-6-3-7-28-78)119-117(121-105)79-29-8-4-9-30-79)71-99(114)84-34-25-37-90(66-84)123-107-45-18-12-39-92(107)93-40-13-19-46-108(93)123/h3-74H,1-2H3. The molecule has 24 aromatic rings. The molecule has 0 fully saturated rings. The average Bonchev–Trinajstić information content (AvgIpc) is 1.57. The van der Waals surface area contributed by atoms with Gasteiger partial charge in [0.25, 0.3) is 0 Å². The Morgan fingerprint density at radius 2 is 0.460 bits per heavy atom. The second-order valence-corrected chi connectivity index (χ2v) is 33.0. The summed E-state index contributed by atoms with van der Waals surface area (Å²) < 4.78 is 9.75. The van der Waals surface area contributed by atoms with Crippen LogP contribution in [0.25, 0.3) is 233 Å². The summed E-state index contributed by atoms with van der Waals surface area (Å²) >= 11 is 0. The quantitative estimate of drug-likeness (QED) is 0.103. The van der Waals surface area contributed by atoms with Crippen molar-refractivity contribution in [2.24, 2.45) is 0 Å². The van der Waals surface area contributed by atoms with Crippen molar-refractivity contribution < 1.29 is 0 Å². The molecule has 590 valence electrons. The molecule has 0 atom stereocenters. The van der Waals surface area contributed by atoms with Crippen molar-refractivity contribution in [2.45, 2.75) is 13.8 Å². The van der Waals surface area contributed by atoms with E-state index in [1.54, 1.807) is 0 Å². The first-order chi connectivity index (χ1) is 62.3. The second-order valence-electron chi connectivity index (χ2n) is 33.0. The Hall–Kier alpha value is -16.7. The van der Waals surface area contributed by atoms with Crippen LogP contribution in [0.1, 0.15) is 11.1 Å². The molecule has 0 aliphatic heterocycles. The van der Waals surface area contributed by atoms with Gasteiger partial charge in [-0.3, -0.25) is 0 Å². The molecule has 0 aliphatic carbocycles. The molecular weight excluding hydrogens is 1530 g/mol. The van der Waals surface area contributed by atoms with E-state index in [0.29, 0.717) is 11.6 Å². The van der Waals surface area contributed by atoms with Gasteiger partial charge in [0.1, 0.15) is 0 Å². The van der Waals surface area contributed by atoms with Gasteiger partial charge in [-0.2, -0.15) is 0 Å². The first-order valence-corrected chi connectivity index (χ1v) is 43.0. The number of hydrogen-bond donors (Lipinski definition) is 0. The third-order valence-electron chi connectivity index (χ3n) is 25.4. The Balaban J connectivity index is 0.629. The molecule has 0 N–H and O–H groups in total. The molecule has 0 saturated heterocycles. The van der Waals surface area contributed by atoms with Crippen molar-refractivity contribution in [3.8, 4) is 146 Å². The Kier molecular flexibility index (Phi) is 17.5. The third-order valence-corrected chi connectivity index (χ3v) is 25.4. The molecule has 8 nitrogen and oxygen atoms in total. The zero-order valence-corrected chi connectivity index (χ0v) is 69.1. The van der Waals surface area contributed by atoms with Gasteiger partial charge in [0, 0.05) is 99.0 Å². The SMILES string of the molecule is Cc1ccc(-c2ccc3c(c2)c2ccccc2n3-c2ccc(-c3cc(-c4cccc(-c5ccc(C)c(-c6ccc7c(c6)c6ccccc6n7-c6ccc(-c7cc(-c8ccccc8)nc(-c8ccccc8)n7)cc6-c6cccc(-n7c8ccccc8c8ccccc87)c6)c5)c4)nc(-c4ccccc4)n3)cc2-c2cccc(-n3c4ccccc4c4ccccc43)c2)cc1. The highest BCUT2D eigenvalue weighted by Crippen LogP contribution is 2.46. The molecular formula is C118H78N8. The van der Waals surface area contributed by atoms with Crippen LogP contribution in [-0.4, -0.2) is 38.2 Å². The number of aromatic nitrogens is 8. The Bertz CT molecular complexity index is 8310. The van der Waals surface area contributed by atoms with Crippen LogP contribution in [0.2, 0.25) is 0 Å². The Morgan fingerprint density at radius 3 is 0.921 bits per heavy atom. The van der Waals surface area contributed by atoms with Gasteiger partial charge >= 0.3 is 0 Å². The molecule has 24 rings (SSSR count). The van der Waals surface area contributed by atoms with Crippen molar-refractivity contribution in [1.82, 2.24) is 38.2 Å². The number of aryl methyl sites for hydroxylation is 2. The summed E-state index contributed by atoms with van der Waals surface area (Å²) in [5, 5.41) is 9.57. The number of hydrogen-bond acceptors (Lipinski definition) is 4. The number of rotatable bonds is 15. The summed E-state index contributed by atoms with van der Waals surface area (Å²) in [5.74, 6) is 1.31. The molecule has 8 heteroatoms. The highest BCUT2D eigenvalue weighted by molar-refractivity contribution is 6.14. The number of benzene rings is 18. The summed E-state index contributed by atoms with van der Waals surface area (Å²) in [6.07, 6.45) is 0. The van der Waals surface area contributed by atoms with E-state index in [1.165, 1.54) is 54.6 Å². The average molecular weight is 1610 g/mol. The maximum atomic E-state index is 5.55. The van der Waals surface area contributed by atoms with E-state index in [9.17, 15) is 0 Å². The predicted molar refractivity (Wildman–Crippen MR) is 524 cm³/mol. The van der Waals surface area contributed by atoms with Gasteiger partial charge in [0.2, 0.25) is 0 Å². The van der Waals surface area contributed by atoms with E-state index in [4.69, 9.17) is 19.9 Å². The molecule has 0 radical (unpaired) electrons. The van der Waals surface area contributed by atoms with Crippen LogP contribution in [0.4, 0.5) is 0 Å². The van der Waals surface area contributed by atoms with Gasteiger partial charge in [-0.1, -0.05) is 309 Å². The van der Waals surface area contributed by atoms with Crippen LogP contribution in [-0.2, 0) is 0 Å². The zero-order chi connectivity index (χ0) is 83.5. The van der Waals surface area contributed by atoms with Crippen LogP contribution in [0, 0.1) is 13.8 Å². The monoisotopic (exact) mass is 1610 g/mol. The molecule has 6 heterocycles. The summed E-state index contributed by atoms with van der Waals surface area (Å²) in [4.78, 5) is 21.7. The minimum atomic E-state index is 0.643. The van der Waals surface area contributed by atoms with E-state index >= 15 is 0 Å². The highest BCUT2D eigenvalue weighted by Gasteiger charge is 2.25. The topological polar surface area (TPSA) is 71.3 Å². The number of para-hydroxylation sites is 6. The van der Waals surface area contributed by atoms with E-state index in [-0.39, 0.29) is 0 Å².